The van der Waals surface area contributed by atoms with Crippen LogP contribution >= 0.6 is 11.3 Å². The van der Waals surface area contributed by atoms with E-state index >= 15 is 0 Å². The van der Waals surface area contributed by atoms with E-state index in [1.165, 1.54) is 18.4 Å². The minimum Gasteiger partial charge on any atom is -0.348 e. The van der Waals surface area contributed by atoms with Crippen molar-refractivity contribution in [2.45, 2.75) is 19.4 Å². The van der Waals surface area contributed by atoms with E-state index in [2.05, 4.69) is 21.4 Å². The van der Waals surface area contributed by atoms with Gasteiger partial charge in [-0.3, -0.25) is 9.78 Å². The number of nitriles is 1. The van der Waals surface area contributed by atoms with Gasteiger partial charge in [-0.15, -0.1) is 11.3 Å². The van der Waals surface area contributed by atoms with Gasteiger partial charge >= 0.3 is 0 Å². The largest absolute Gasteiger partial charge is 0.348 e. The Balaban J connectivity index is 1.68. The summed E-state index contributed by atoms with van der Waals surface area (Å²) in [6.07, 6.45) is 4.01. The molecule has 0 aliphatic rings. The molecular formula is C22H22N4O3S. The number of hydrogen-bond acceptors (Lipinski definition) is 7. The van der Waals surface area contributed by atoms with E-state index in [0.717, 1.165) is 16.1 Å². The molecule has 2 atom stereocenters. The van der Waals surface area contributed by atoms with Crippen molar-refractivity contribution in [3.05, 3.63) is 71.0 Å². The van der Waals surface area contributed by atoms with Gasteiger partial charge in [-0.05, 0) is 43.2 Å². The van der Waals surface area contributed by atoms with Gasteiger partial charge in [0.05, 0.1) is 25.3 Å². The number of nitrogens with zero attached hydrogens (tertiary/aromatic N) is 3. The van der Waals surface area contributed by atoms with E-state index < -0.39 is 0 Å². The molecule has 2 heterocycles. The molecule has 3 aromatic rings. The van der Waals surface area contributed by atoms with Crippen molar-refractivity contribution in [3.8, 4) is 16.6 Å². The van der Waals surface area contributed by atoms with Crippen LogP contribution in [0.2, 0.25) is 0 Å². The Morgan fingerprint density at radius 3 is 2.83 bits per heavy atom. The lowest BCUT2D eigenvalue weighted by Gasteiger charge is -2.24. The highest BCUT2D eigenvalue weighted by Crippen LogP contribution is 2.23. The van der Waals surface area contributed by atoms with Crippen molar-refractivity contribution in [2.24, 2.45) is 5.92 Å². The predicted molar refractivity (Wildman–Crippen MR) is 114 cm³/mol. The second-order valence-corrected chi connectivity index (χ2v) is 7.62. The lowest BCUT2D eigenvalue weighted by atomic mass is 9.93. The van der Waals surface area contributed by atoms with Crippen LogP contribution in [0.3, 0.4) is 0 Å². The highest BCUT2D eigenvalue weighted by molar-refractivity contribution is 7.13. The van der Waals surface area contributed by atoms with Crippen LogP contribution < -0.4 is 5.32 Å². The molecule has 0 radical (unpaired) electrons. The minimum absolute atomic E-state index is 0.0545. The molecule has 154 valence electrons. The first-order valence-electron chi connectivity index (χ1n) is 9.42. The topological polar surface area (TPSA) is 97.1 Å². The normalized spacial score (nSPS) is 12.7. The number of aromatic nitrogens is 2. The molecule has 2 aromatic heterocycles. The number of benzene rings is 1. The van der Waals surface area contributed by atoms with Crippen molar-refractivity contribution in [2.75, 3.05) is 13.7 Å². The third-order valence-corrected chi connectivity index (χ3v) is 5.58. The van der Waals surface area contributed by atoms with Gasteiger partial charge in [0.15, 0.2) is 0 Å². The monoisotopic (exact) mass is 422 g/mol. The fraction of sp³-hybridized carbons (Fsp3) is 0.273. The second kappa shape index (κ2) is 10.6. The fourth-order valence-electron chi connectivity index (χ4n) is 3.01. The number of pyridine rings is 1. The second-order valence-electron chi connectivity index (χ2n) is 6.76. The zero-order valence-corrected chi connectivity index (χ0v) is 17.6. The Morgan fingerprint density at radius 2 is 2.10 bits per heavy atom. The van der Waals surface area contributed by atoms with Gasteiger partial charge in [0, 0.05) is 35.3 Å². The predicted octanol–water partition coefficient (Wildman–Crippen LogP) is 3.63. The molecule has 0 aliphatic heterocycles. The Hall–Kier alpha value is -3.12. The van der Waals surface area contributed by atoms with Crippen LogP contribution in [0.4, 0.5) is 0 Å². The lowest BCUT2D eigenvalue weighted by molar-refractivity contribution is -0.280. The molecule has 0 saturated heterocycles. The van der Waals surface area contributed by atoms with Crippen molar-refractivity contribution in [3.63, 3.8) is 0 Å². The molecule has 1 N–H and O–H groups in total. The van der Waals surface area contributed by atoms with Crippen LogP contribution in [-0.2, 0) is 16.2 Å². The highest BCUT2D eigenvalue weighted by Gasteiger charge is 2.22. The summed E-state index contributed by atoms with van der Waals surface area (Å²) in [4.78, 5) is 31.1. The molecule has 0 aliphatic carbocycles. The summed E-state index contributed by atoms with van der Waals surface area (Å²) in [6, 6.07) is 13.1. The summed E-state index contributed by atoms with van der Waals surface area (Å²) in [6.45, 7) is 2.22. The maximum absolute atomic E-state index is 12.7. The molecule has 0 saturated carbocycles. The summed E-state index contributed by atoms with van der Waals surface area (Å²) in [5.74, 6) is -0.298. The van der Waals surface area contributed by atoms with Gasteiger partial charge in [-0.1, -0.05) is 12.1 Å². The van der Waals surface area contributed by atoms with Gasteiger partial charge in [0.1, 0.15) is 10.7 Å². The summed E-state index contributed by atoms with van der Waals surface area (Å²) in [5, 5.41) is 14.6. The van der Waals surface area contributed by atoms with E-state index in [4.69, 9.17) is 15.0 Å². The number of amides is 1. The van der Waals surface area contributed by atoms with Crippen molar-refractivity contribution in [1.29, 1.82) is 5.26 Å². The summed E-state index contributed by atoms with van der Waals surface area (Å²) in [7, 11) is 1.45. The Bertz CT molecular complexity index is 1020. The number of thiazole rings is 1. The van der Waals surface area contributed by atoms with E-state index in [9.17, 15) is 4.79 Å². The molecule has 7 nitrogen and oxygen atoms in total. The Kier molecular flexibility index (Phi) is 7.63. The number of rotatable bonds is 9. The fourth-order valence-corrected chi connectivity index (χ4v) is 3.82. The SMILES string of the molecule is COOCC(Cc1cccc(C#N)c1)C(C)NC(=O)c1csc(-c2ccncc2)n1. The zero-order valence-electron chi connectivity index (χ0n) is 16.7. The number of hydrogen-bond donors (Lipinski definition) is 1. The molecule has 30 heavy (non-hydrogen) atoms. The molecule has 0 bridgehead atoms. The minimum atomic E-state index is -0.243. The first kappa shape index (κ1) is 21.6. The standard InChI is InChI=1S/C22H22N4O3S/c1-15(19(13-29-28-2)11-16-4-3-5-17(10-16)12-23)25-21(27)20-14-30-22(26-20)18-6-8-24-9-7-18/h3-10,14-15,19H,11,13H2,1-2H3,(H,25,27). The Labute approximate surface area is 179 Å². The quantitative estimate of drug-likeness (QED) is 0.418. The van der Waals surface area contributed by atoms with Crippen LogP contribution in [0.5, 0.6) is 0 Å². The van der Waals surface area contributed by atoms with Crippen LogP contribution in [-0.4, -0.2) is 35.6 Å². The first-order chi connectivity index (χ1) is 14.6. The van der Waals surface area contributed by atoms with Crippen LogP contribution in [0.1, 0.15) is 28.5 Å². The molecule has 3 rings (SSSR count). The van der Waals surface area contributed by atoms with E-state index in [1.807, 2.05) is 37.3 Å². The third-order valence-electron chi connectivity index (χ3n) is 4.68. The molecule has 1 amide bonds. The van der Waals surface area contributed by atoms with Crippen molar-refractivity contribution in [1.82, 2.24) is 15.3 Å². The number of carbonyl (C=O) groups excluding carboxylic acids is 1. The molecule has 0 spiro atoms. The van der Waals surface area contributed by atoms with Crippen molar-refractivity contribution >= 4 is 17.2 Å². The molecule has 2 unspecified atom stereocenters. The smallest absolute Gasteiger partial charge is 0.270 e. The van der Waals surface area contributed by atoms with Gasteiger partial charge in [0.25, 0.3) is 5.91 Å². The third kappa shape index (κ3) is 5.70. The summed E-state index contributed by atoms with van der Waals surface area (Å²) >= 11 is 1.41. The van der Waals surface area contributed by atoms with Crippen LogP contribution in [0, 0.1) is 17.2 Å². The average molecular weight is 423 g/mol. The Morgan fingerprint density at radius 1 is 1.30 bits per heavy atom. The van der Waals surface area contributed by atoms with E-state index in [1.54, 1.807) is 23.8 Å². The van der Waals surface area contributed by atoms with Gasteiger partial charge in [-0.2, -0.15) is 5.26 Å². The number of carbonyl (C=O) groups is 1. The van der Waals surface area contributed by atoms with E-state index in [-0.39, 0.29) is 17.9 Å². The molecule has 0 fully saturated rings. The molecule has 1 aromatic carbocycles. The van der Waals surface area contributed by atoms with E-state index in [0.29, 0.717) is 24.3 Å². The lowest BCUT2D eigenvalue weighted by Crippen LogP contribution is -2.41. The maximum atomic E-state index is 12.7. The summed E-state index contributed by atoms with van der Waals surface area (Å²) in [5.41, 5.74) is 2.89. The maximum Gasteiger partial charge on any atom is 0.270 e. The molecular weight excluding hydrogens is 400 g/mol. The van der Waals surface area contributed by atoms with Gasteiger partial charge in [0.2, 0.25) is 0 Å². The van der Waals surface area contributed by atoms with Gasteiger partial charge in [-0.25, -0.2) is 14.8 Å². The first-order valence-corrected chi connectivity index (χ1v) is 10.3. The van der Waals surface area contributed by atoms with Crippen LogP contribution in [0.15, 0.2) is 54.2 Å². The van der Waals surface area contributed by atoms with Gasteiger partial charge < -0.3 is 5.32 Å². The molecule has 8 heteroatoms. The number of nitrogens with one attached hydrogen (secondary N) is 1. The zero-order chi connectivity index (χ0) is 21.3. The average Bonchev–Trinajstić information content (AvgIpc) is 3.28. The highest BCUT2D eigenvalue weighted by atomic mass is 32.1. The summed E-state index contributed by atoms with van der Waals surface area (Å²) < 4.78 is 0. The van der Waals surface area contributed by atoms with Crippen molar-refractivity contribution < 1.29 is 14.6 Å². The van der Waals surface area contributed by atoms with Crippen LogP contribution in [0.25, 0.3) is 10.6 Å².